The molecule has 1 aromatic carbocycles. The molecule has 2 saturated heterocycles. The highest BCUT2D eigenvalue weighted by molar-refractivity contribution is 5.81. The summed E-state index contributed by atoms with van der Waals surface area (Å²) in [6.07, 6.45) is 4.70. The van der Waals surface area contributed by atoms with Crippen molar-refractivity contribution in [2.24, 2.45) is 0 Å². The summed E-state index contributed by atoms with van der Waals surface area (Å²) in [5, 5.41) is 10.3. The van der Waals surface area contributed by atoms with Crippen LogP contribution in [-0.4, -0.2) is 66.0 Å². The van der Waals surface area contributed by atoms with Gasteiger partial charge in [0.1, 0.15) is 6.04 Å². The molecule has 0 unspecified atom stereocenters. The molecule has 2 aliphatic rings. The fourth-order valence-corrected chi connectivity index (χ4v) is 4.22. The number of likely N-dealkylation sites (N-methyl/N-ethyl adjacent to an activating group) is 1. The number of amides is 1. The van der Waals surface area contributed by atoms with Crippen molar-refractivity contribution in [3.05, 3.63) is 36.5 Å². The van der Waals surface area contributed by atoms with Crippen LogP contribution in [0.1, 0.15) is 19.3 Å². The number of anilines is 1. The number of aromatic nitrogens is 1. The summed E-state index contributed by atoms with van der Waals surface area (Å²) in [7, 11) is 2.11. The van der Waals surface area contributed by atoms with Gasteiger partial charge >= 0.3 is 0 Å². The number of fused-ring (bicyclic) bond motifs is 1. The molecule has 2 atom stereocenters. The van der Waals surface area contributed by atoms with Gasteiger partial charge in [-0.1, -0.05) is 18.2 Å². The predicted molar refractivity (Wildman–Crippen MR) is 105 cm³/mol. The average Bonchev–Trinajstić information content (AvgIpc) is 3.36. The predicted octanol–water partition coefficient (Wildman–Crippen LogP) is 2.26. The molecule has 6 nitrogen and oxygen atoms in total. The summed E-state index contributed by atoms with van der Waals surface area (Å²) in [6.45, 7) is 2.91. The summed E-state index contributed by atoms with van der Waals surface area (Å²) in [5.41, 5.74) is 2.11. The lowest BCUT2D eigenvalue weighted by Gasteiger charge is -2.27. The van der Waals surface area contributed by atoms with Gasteiger partial charge in [0.25, 0.3) is 0 Å². The van der Waals surface area contributed by atoms with E-state index in [2.05, 4.69) is 40.0 Å². The van der Waals surface area contributed by atoms with Gasteiger partial charge in [0.05, 0.1) is 30.0 Å². The molecule has 3 heterocycles. The van der Waals surface area contributed by atoms with Gasteiger partial charge in [-0.3, -0.25) is 14.7 Å². The van der Waals surface area contributed by atoms with E-state index in [-0.39, 0.29) is 11.9 Å². The van der Waals surface area contributed by atoms with Crippen molar-refractivity contribution in [1.29, 1.82) is 5.26 Å². The Balaban J connectivity index is 1.38. The summed E-state index contributed by atoms with van der Waals surface area (Å²) in [5.74, 6) is 0.0923. The van der Waals surface area contributed by atoms with Crippen molar-refractivity contribution >= 4 is 22.5 Å². The number of para-hydroxylation sites is 1. The lowest BCUT2D eigenvalue weighted by molar-refractivity contribution is -0.132. The maximum Gasteiger partial charge on any atom is 0.237 e. The van der Waals surface area contributed by atoms with Crippen molar-refractivity contribution in [3.63, 3.8) is 0 Å². The van der Waals surface area contributed by atoms with Crippen LogP contribution >= 0.6 is 0 Å². The molecule has 0 N–H and O–H groups in total. The van der Waals surface area contributed by atoms with Gasteiger partial charge in [-0.2, -0.15) is 5.26 Å². The monoisotopic (exact) mass is 363 g/mol. The molecule has 6 heteroatoms. The molecule has 0 spiro atoms. The van der Waals surface area contributed by atoms with E-state index < -0.39 is 0 Å². The molecule has 0 radical (unpaired) electrons. The molecule has 1 aromatic heterocycles. The normalized spacial score (nSPS) is 22.9. The quantitative estimate of drug-likeness (QED) is 0.834. The zero-order valence-electron chi connectivity index (χ0n) is 15.7. The SMILES string of the molecule is CN(c1cnc2ccccc2c1)[C@H]1CCN(CC(=O)N2CCC[C@H]2C#N)C1. The zero-order valence-corrected chi connectivity index (χ0v) is 15.7. The Morgan fingerprint density at radius 3 is 3.04 bits per heavy atom. The zero-order chi connectivity index (χ0) is 18.8. The number of hydrogen-bond donors (Lipinski definition) is 0. The van der Waals surface area contributed by atoms with E-state index in [1.807, 2.05) is 24.4 Å². The smallest absolute Gasteiger partial charge is 0.237 e. The first-order chi connectivity index (χ1) is 13.2. The van der Waals surface area contributed by atoms with E-state index in [0.29, 0.717) is 12.6 Å². The van der Waals surface area contributed by atoms with Crippen LogP contribution in [0, 0.1) is 11.3 Å². The van der Waals surface area contributed by atoms with Crippen molar-refractivity contribution in [2.45, 2.75) is 31.3 Å². The van der Waals surface area contributed by atoms with E-state index in [4.69, 9.17) is 0 Å². The summed E-state index contributed by atoms with van der Waals surface area (Å²) >= 11 is 0. The minimum Gasteiger partial charge on any atom is -0.369 e. The molecular weight excluding hydrogens is 338 g/mol. The first kappa shape index (κ1) is 17.7. The van der Waals surface area contributed by atoms with Crippen LogP contribution in [0.3, 0.4) is 0 Å². The van der Waals surface area contributed by atoms with Gasteiger partial charge in [-0.25, -0.2) is 0 Å². The fourth-order valence-electron chi connectivity index (χ4n) is 4.22. The Morgan fingerprint density at radius 2 is 2.19 bits per heavy atom. The van der Waals surface area contributed by atoms with Crippen molar-refractivity contribution in [2.75, 3.05) is 38.1 Å². The van der Waals surface area contributed by atoms with Gasteiger partial charge < -0.3 is 9.80 Å². The molecule has 0 saturated carbocycles. The molecule has 2 aromatic rings. The molecule has 2 fully saturated rings. The van der Waals surface area contributed by atoms with E-state index in [1.54, 1.807) is 4.90 Å². The number of hydrogen-bond acceptors (Lipinski definition) is 5. The van der Waals surface area contributed by atoms with Crippen LogP contribution in [0.2, 0.25) is 0 Å². The molecule has 140 valence electrons. The Bertz CT molecular complexity index is 876. The highest BCUT2D eigenvalue weighted by Gasteiger charge is 2.32. The van der Waals surface area contributed by atoms with Gasteiger partial charge in [0, 0.05) is 38.1 Å². The maximum atomic E-state index is 12.6. The van der Waals surface area contributed by atoms with E-state index in [9.17, 15) is 10.1 Å². The Hall–Kier alpha value is -2.65. The second kappa shape index (κ2) is 7.53. The van der Waals surface area contributed by atoms with E-state index >= 15 is 0 Å². The van der Waals surface area contributed by atoms with Gasteiger partial charge in [-0.05, 0) is 31.4 Å². The maximum absolute atomic E-state index is 12.6. The lowest BCUT2D eigenvalue weighted by atomic mass is 10.1. The molecule has 27 heavy (non-hydrogen) atoms. The molecule has 1 amide bonds. The standard InChI is InChI=1S/C21H25N5O/c1-24(19-11-16-5-2-3-7-20(16)23-13-19)18-8-10-25(14-18)15-21(27)26-9-4-6-17(26)12-22/h2-3,5,7,11,13,17-18H,4,6,8-10,14-15H2,1H3/t17-,18-/m0/s1. The first-order valence-electron chi connectivity index (χ1n) is 9.65. The Labute approximate surface area is 160 Å². The number of carbonyl (C=O) groups excluding carboxylic acids is 1. The van der Waals surface area contributed by atoms with Gasteiger partial charge in [0.15, 0.2) is 0 Å². The summed E-state index contributed by atoms with van der Waals surface area (Å²) < 4.78 is 0. The van der Waals surface area contributed by atoms with Crippen LogP contribution in [0.25, 0.3) is 10.9 Å². The first-order valence-corrected chi connectivity index (χ1v) is 9.65. The average molecular weight is 363 g/mol. The third kappa shape index (κ3) is 3.60. The van der Waals surface area contributed by atoms with Crippen LogP contribution < -0.4 is 4.90 Å². The second-order valence-electron chi connectivity index (χ2n) is 7.55. The Morgan fingerprint density at radius 1 is 1.33 bits per heavy atom. The minimum atomic E-state index is -0.234. The van der Waals surface area contributed by atoms with Crippen LogP contribution in [-0.2, 0) is 4.79 Å². The fraction of sp³-hybridized carbons (Fsp3) is 0.476. The van der Waals surface area contributed by atoms with E-state index in [0.717, 1.165) is 55.5 Å². The van der Waals surface area contributed by atoms with Crippen LogP contribution in [0.5, 0.6) is 0 Å². The topological polar surface area (TPSA) is 63.5 Å². The largest absolute Gasteiger partial charge is 0.369 e. The number of rotatable bonds is 4. The highest BCUT2D eigenvalue weighted by Crippen LogP contribution is 2.24. The molecule has 0 aliphatic carbocycles. The summed E-state index contributed by atoms with van der Waals surface area (Å²) in [6, 6.07) is 12.7. The van der Waals surface area contributed by atoms with Crippen molar-refractivity contribution in [1.82, 2.24) is 14.8 Å². The lowest BCUT2D eigenvalue weighted by Crippen LogP contribution is -2.42. The number of pyridine rings is 1. The van der Waals surface area contributed by atoms with E-state index in [1.165, 1.54) is 0 Å². The Kier molecular flexibility index (Phi) is 4.95. The number of likely N-dealkylation sites (tertiary alicyclic amines) is 2. The third-order valence-electron chi connectivity index (χ3n) is 5.86. The van der Waals surface area contributed by atoms with Crippen LogP contribution in [0.4, 0.5) is 5.69 Å². The highest BCUT2D eigenvalue weighted by atomic mass is 16.2. The number of nitrogens with zero attached hydrogens (tertiary/aromatic N) is 5. The van der Waals surface area contributed by atoms with Crippen molar-refractivity contribution < 1.29 is 4.79 Å². The number of carbonyl (C=O) groups is 1. The third-order valence-corrected chi connectivity index (χ3v) is 5.86. The molecule has 4 rings (SSSR count). The molecule has 0 bridgehead atoms. The molecular formula is C21H25N5O. The second-order valence-corrected chi connectivity index (χ2v) is 7.55. The van der Waals surface area contributed by atoms with Crippen molar-refractivity contribution in [3.8, 4) is 6.07 Å². The van der Waals surface area contributed by atoms with Gasteiger partial charge in [0.2, 0.25) is 5.91 Å². The van der Waals surface area contributed by atoms with Crippen LogP contribution in [0.15, 0.2) is 36.5 Å². The molecule has 2 aliphatic heterocycles. The minimum absolute atomic E-state index is 0.0923. The summed E-state index contributed by atoms with van der Waals surface area (Å²) in [4.78, 5) is 23.4. The number of nitriles is 1. The number of benzene rings is 1. The van der Waals surface area contributed by atoms with Gasteiger partial charge in [-0.15, -0.1) is 0 Å².